The van der Waals surface area contributed by atoms with Crippen molar-refractivity contribution in [2.45, 2.75) is 71.6 Å². The number of hydrogen-bond acceptors (Lipinski definition) is 4. The van der Waals surface area contributed by atoms with Gasteiger partial charge in [-0.05, 0) is 26.7 Å². The summed E-state index contributed by atoms with van der Waals surface area (Å²) in [5.74, 6) is -2.56. The summed E-state index contributed by atoms with van der Waals surface area (Å²) in [5.41, 5.74) is 0.352. The first-order valence-corrected chi connectivity index (χ1v) is 8.66. The van der Waals surface area contributed by atoms with E-state index in [1.165, 1.54) is 33.1 Å². The molecule has 0 saturated carbocycles. The smallest absolute Gasteiger partial charge is 0.330 e. The maximum Gasteiger partial charge on any atom is 0.330 e. The molecule has 0 aromatic rings. The minimum Gasteiger partial charge on any atom is -0.481 e. The number of aliphatic carboxylic acids is 3. The quantitative estimate of drug-likeness (QED) is 0.301. The predicted molar refractivity (Wildman–Crippen MR) is 101 cm³/mol. The highest BCUT2D eigenvalue weighted by Gasteiger charge is 1.96. The molecular formula is C19H34O7. The predicted octanol–water partition coefficient (Wildman–Crippen LogP) is 3.87. The van der Waals surface area contributed by atoms with Gasteiger partial charge in [0.25, 0.3) is 0 Å². The van der Waals surface area contributed by atoms with Gasteiger partial charge in [-0.3, -0.25) is 4.79 Å². The normalized spacial score (nSPS) is 9.04. The molecule has 0 aromatic heterocycles. The lowest BCUT2D eigenvalue weighted by atomic mass is 10.1. The van der Waals surface area contributed by atoms with Crippen molar-refractivity contribution in [2.24, 2.45) is 0 Å². The van der Waals surface area contributed by atoms with E-state index in [1.54, 1.807) is 0 Å². The molecule has 0 aromatic carbocycles. The van der Waals surface area contributed by atoms with Gasteiger partial charge in [0.1, 0.15) is 0 Å². The van der Waals surface area contributed by atoms with Gasteiger partial charge in [-0.25, -0.2) is 9.59 Å². The Labute approximate surface area is 156 Å². The fraction of sp³-hybridized carbons (Fsp3) is 0.632. The van der Waals surface area contributed by atoms with E-state index in [1.807, 2.05) is 0 Å². The molecule has 0 saturated heterocycles. The van der Waals surface area contributed by atoms with E-state index in [0.717, 1.165) is 32.1 Å². The lowest BCUT2D eigenvalue weighted by Gasteiger charge is -2.00. The van der Waals surface area contributed by atoms with Gasteiger partial charge in [0.05, 0.1) is 0 Å². The third-order valence-corrected chi connectivity index (χ3v) is 3.03. The van der Waals surface area contributed by atoms with E-state index < -0.39 is 17.9 Å². The van der Waals surface area contributed by atoms with Crippen LogP contribution in [0.5, 0.6) is 0 Å². The second kappa shape index (κ2) is 20.9. The van der Waals surface area contributed by atoms with E-state index in [9.17, 15) is 14.4 Å². The van der Waals surface area contributed by atoms with Crippen LogP contribution in [0.4, 0.5) is 0 Å². The number of rotatable bonds is 12. The first-order chi connectivity index (χ1) is 12.1. The van der Waals surface area contributed by atoms with Crippen LogP contribution in [0.2, 0.25) is 0 Å². The molecule has 0 heterocycles. The van der Waals surface area contributed by atoms with Crippen LogP contribution in [0.3, 0.4) is 0 Å². The lowest BCUT2D eigenvalue weighted by molar-refractivity contribution is -0.137. The zero-order valence-electron chi connectivity index (χ0n) is 16.0. The van der Waals surface area contributed by atoms with Gasteiger partial charge in [-0.1, -0.05) is 51.7 Å². The van der Waals surface area contributed by atoms with Gasteiger partial charge in [0.15, 0.2) is 0 Å². The van der Waals surface area contributed by atoms with Crippen molar-refractivity contribution in [3.8, 4) is 0 Å². The van der Waals surface area contributed by atoms with Crippen molar-refractivity contribution in [3.63, 3.8) is 0 Å². The molecule has 7 nitrogen and oxygen atoms in total. The van der Waals surface area contributed by atoms with Crippen LogP contribution in [0.25, 0.3) is 0 Å². The van der Waals surface area contributed by atoms with Crippen LogP contribution in [-0.4, -0.2) is 44.9 Å². The first kappa shape index (κ1) is 28.6. The average molecular weight is 374 g/mol. The Balaban J connectivity index is -0.000000364. The molecule has 0 unspecified atom stereocenters. The van der Waals surface area contributed by atoms with Crippen molar-refractivity contribution < 1.29 is 34.8 Å². The highest BCUT2D eigenvalue weighted by atomic mass is 16.4. The Morgan fingerprint density at radius 1 is 0.654 bits per heavy atom. The second-order valence-corrected chi connectivity index (χ2v) is 5.87. The molecule has 0 spiro atoms. The molecule has 0 aliphatic rings. The fourth-order valence-corrected chi connectivity index (χ4v) is 1.45. The van der Waals surface area contributed by atoms with Gasteiger partial charge in [-0.2, -0.15) is 0 Å². The Bertz CT molecular complexity index is 380. The van der Waals surface area contributed by atoms with E-state index >= 15 is 0 Å². The van der Waals surface area contributed by atoms with E-state index in [-0.39, 0.29) is 11.1 Å². The van der Waals surface area contributed by atoms with Crippen molar-refractivity contribution in [3.05, 3.63) is 24.3 Å². The average Bonchev–Trinajstić information content (AvgIpc) is 2.54. The van der Waals surface area contributed by atoms with Crippen LogP contribution in [0.15, 0.2) is 24.3 Å². The Hall–Kier alpha value is -2.15. The van der Waals surface area contributed by atoms with Crippen LogP contribution in [-0.2, 0) is 14.4 Å². The second-order valence-electron chi connectivity index (χ2n) is 5.87. The Morgan fingerprint density at radius 3 is 1.15 bits per heavy atom. The topological polar surface area (TPSA) is 132 Å². The number of carbonyl (C=O) groups is 3. The standard InChI is InChI=1S/C11H22O3.2C4H6O2/c12-10-8-6-4-2-1-3-5-7-9-11(13)14;2*1-3(2)4(5)6/h12H,1-10H2,(H,13,14);2*1H2,2H3,(H,5,6). The molecule has 0 rings (SSSR count). The third-order valence-electron chi connectivity index (χ3n) is 3.03. The summed E-state index contributed by atoms with van der Waals surface area (Å²) in [6.45, 7) is 9.51. The summed E-state index contributed by atoms with van der Waals surface area (Å²) >= 11 is 0. The summed E-state index contributed by atoms with van der Waals surface area (Å²) < 4.78 is 0. The molecule has 0 aliphatic carbocycles. The van der Waals surface area contributed by atoms with Gasteiger partial charge in [0.2, 0.25) is 0 Å². The van der Waals surface area contributed by atoms with Gasteiger partial charge in [-0.15, -0.1) is 0 Å². The highest BCUT2D eigenvalue weighted by molar-refractivity contribution is 5.85. The zero-order valence-corrected chi connectivity index (χ0v) is 16.0. The Morgan fingerprint density at radius 2 is 0.923 bits per heavy atom. The van der Waals surface area contributed by atoms with Gasteiger partial charge >= 0.3 is 17.9 Å². The number of unbranched alkanes of at least 4 members (excludes halogenated alkanes) is 7. The number of carboxylic acids is 3. The van der Waals surface area contributed by atoms with E-state index in [2.05, 4.69) is 13.2 Å². The molecule has 0 bridgehead atoms. The molecule has 0 radical (unpaired) electrons. The summed E-state index contributed by atoms with van der Waals surface area (Å²) in [4.78, 5) is 29.4. The monoisotopic (exact) mass is 374 g/mol. The lowest BCUT2D eigenvalue weighted by Crippen LogP contribution is -1.93. The van der Waals surface area contributed by atoms with Gasteiger partial charge in [0, 0.05) is 24.2 Å². The van der Waals surface area contributed by atoms with Crippen LogP contribution >= 0.6 is 0 Å². The van der Waals surface area contributed by atoms with Crippen molar-refractivity contribution in [1.82, 2.24) is 0 Å². The highest BCUT2D eigenvalue weighted by Crippen LogP contribution is 2.09. The minimum absolute atomic E-state index is 0.176. The number of hydrogen-bond donors (Lipinski definition) is 4. The van der Waals surface area contributed by atoms with Crippen LogP contribution < -0.4 is 0 Å². The van der Waals surface area contributed by atoms with Crippen molar-refractivity contribution in [1.29, 1.82) is 0 Å². The summed E-state index contributed by atoms with van der Waals surface area (Å²) in [6.07, 6.45) is 8.94. The van der Waals surface area contributed by atoms with Crippen LogP contribution in [0, 0.1) is 0 Å². The number of aliphatic hydroxyl groups is 1. The third kappa shape index (κ3) is 33.5. The summed E-state index contributed by atoms with van der Waals surface area (Å²) in [7, 11) is 0. The van der Waals surface area contributed by atoms with Crippen molar-refractivity contribution in [2.75, 3.05) is 6.61 Å². The SMILES string of the molecule is C=C(C)C(=O)O.C=C(C)C(=O)O.O=C(O)CCCCCCCCCCO. The summed E-state index contributed by atoms with van der Waals surface area (Å²) in [6, 6.07) is 0. The maximum atomic E-state index is 10.2. The molecule has 0 atom stereocenters. The molecular weight excluding hydrogens is 340 g/mol. The van der Waals surface area contributed by atoms with Crippen LogP contribution in [0.1, 0.15) is 71.6 Å². The largest absolute Gasteiger partial charge is 0.481 e. The minimum atomic E-state index is -0.935. The fourth-order valence-electron chi connectivity index (χ4n) is 1.45. The zero-order chi connectivity index (χ0) is 21.0. The van der Waals surface area contributed by atoms with E-state index in [4.69, 9.17) is 20.4 Å². The van der Waals surface area contributed by atoms with E-state index in [0.29, 0.717) is 13.0 Å². The molecule has 152 valence electrons. The molecule has 0 fully saturated rings. The molecule has 4 N–H and O–H groups in total. The Kier molecular flexibility index (Phi) is 23.0. The number of aliphatic hydroxyl groups excluding tert-OH is 1. The summed E-state index contributed by atoms with van der Waals surface area (Å²) in [5, 5.41) is 32.7. The maximum absolute atomic E-state index is 10.2. The van der Waals surface area contributed by atoms with Gasteiger partial charge < -0.3 is 20.4 Å². The molecule has 7 heteroatoms. The van der Waals surface area contributed by atoms with Crippen molar-refractivity contribution >= 4 is 17.9 Å². The number of carboxylic acid groups (broad SMARTS) is 3. The molecule has 26 heavy (non-hydrogen) atoms. The molecule has 0 amide bonds. The molecule has 0 aliphatic heterocycles. The first-order valence-electron chi connectivity index (χ1n) is 8.66.